The summed E-state index contributed by atoms with van der Waals surface area (Å²) in [4.78, 5) is 20.7. The Labute approximate surface area is 174 Å². The number of halogens is 1. The first kappa shape index (κ1) is 19.6. The summed E-state index contributed by atoms with van der Waals surface area (Å²) in [5.41, 5.74) is 5.49. The van der Waals surface area contributed by atoms with E-state index in [1.54, 1.807) is 17.9 Å². The van der Waals surface area contributed by atoms with Crippen LogP contribution in [0.4, 0.5) is 20.9 Å². The molecule has 2 heterocycles. The number of benzene rings is 2. The lowest BCUT2D eigenvalue weighted by Gasteiger charge is -2.31. The maximum Gasteiger partial charge on any atom is 0.230 e. The van der Waals surface area contributed by atoms with Crippen molar-refractivity contribution in [2.24, 2.45) is 0 Å². The van der Waals surface area contributed by atoms with Gasteiger partial charge >= 0.3 is 0 Å². The van der Waals surface area contributed by atoms with Crippen LogP contribution in [0.2, 0.25) is 0 Å². The van der Waals surface area contributed by atoms with Crippen LogP contribution in [0.25, 0.3) is 0 Å². The molecule has 0 spiro atoms. The first-order valence-corrected chi connectivity index (χ1v) is 10.7. The van der Waals surface area contributed by atoms with Gasteiger partial charge in [0.05, 0.1) is 23.6 Å². The number of carbonyl (C=O) groups is 1. The van der Waals surface area contributed by atoms with Crippen molar-refractivity contribution >= 4 is 33.8 Å². The van der Waals surface area contributed by atoms with Crippen LogP contribution in [0.1, 0.15) is 35.7 Å². The number of fused-ring (bicyclic) bond motifs is 1. The minimum Gasteiger partial charge on any atom is -0.363 e. The van der Waals surface area contributed by atoms with Gasteiger partial charge in [-0.3, -0.25) is 9.69 Å². The predicted molar refractivity (Wildman–Crippen MR) is 117 cm³/mol. The number of thiazole rings is 1. The van der Waals surface area contributed by atoms with Crippen LogP contribution in [-0.4, -0.2) is 17.4 Å². The monoisotopic (exact) mass is 409 g/mol. The van der Waals surface area contributed by atoms with Crippen LogP contribution in [0.5, 0.6) is 0 Å². The van der Waals surface area contributed by atoms with Gasteiger partial charge in [0.2, 0.25) is 5.91 Å². The highest BCUT2D eigenvalue weighted by atomic mass is 32.1. The van der Waals surface area contributed by atoms with Gasteiger partial charge in [-0.2, -0.15) is 0 Å². The number of anilines is 3. The van der Waals surface area contributed by atoms with E-state index in [2.05, 4.69) is 11.0 Å². The number of hydrogen-bond donors (Lipinski definition) is 0. The molecule has 0 bridgehead atoms. The van der Waals surface area contributed by atoms with Gasteiger partial charge in [0.1, 0.15) is 5.82 Å². The molecule has 1 aliphatic heterocycles. The van der Waals surface area contributed by atoms with E-state index < -0.39 is 0 Å². The molecule has 0 fully saturated rings. The lowest BCUT2D eigenvalue weighted by molar-refractivity contribution is -0.115. The van der Waals surface area contributed by atoms with E-state index in [4.69, 9.17) is 4.98 Å². The number of aryl methyl sites for hydroxylation is 3. The Morgan fingerprint density at radius 3 is 2.69 bits per heavy atom. The molecule has 4 rings (SSSR count). The van der Waals surface area contributed by atoms with Crippen LogP contribution in [0.3, 0.4) is 0 Å². The first-order valence-electron chi connectivity index (χ1n) is 9.78. The molecule has 1 aromatic heterocycles. The molecule has 3 aromatic rings. The molecule has 0 radical (unpaired) electrons. The molecule has 0 atom stereocenters. The minimum atomic E-state index is -0.167. The number of nitrogens with zero attached hydrogens (tertiary/aromatic N) is 3. The summed E-state index contributed by atoms with van der Waals surface area (Å²) in [6.07, 6.45) is 1.90. The summed E-state index contributed by atoms with van der Waals surface area (Å²) in [6.45, 7) is 6.81. The van der Waals surface area contributed by atoms with Crippen LogP contribution >= 0.6 is 11.3 Å². The van der Waals surface area contributed by atoms with Crippen molar-refractivity contribution in [3.63, 3.8) is 0 Å². The van der Waals surface area contributed by atoms with E-state index in [9.17, 15) is 9.18 Å². The fraction of sp³-hybridized carbons (Fsp3) is 0.304. The van der Waals surface area contributed by atoms with Gasteiger partial charge in [-0.05, 0) is 56.0 Å². The van der Waals surface area contributed by atoms with Crippen molar-refractivity contribution in [2.45, 2.75) is 40.2 Å². The fourth-order valence-corrected chi connectivity index (χ4v) is 4.75. The van der Waals surface area contributed by atoms with Crippen LogP contribution in [0, 0.1) is 19.7 Å². The molecule has 150 valence electrons. The Kier molecular flexibility index (Phi) is 5.37. The summed E-state index contributed by atoms with van der Waals surface area (Å²) in [7, 11) is 0. The lowest BCUT2D eigenvalue weighted by Crippen LogP contribution is -2.30. The van der Waals surface area contributed by atoms with Crippen molar-refractivity contribution < 1.29 is 9.18 Å². The van der Waals surface area contributed by atoms with Crippen LogP contribution < -0.4 is 9.80 Å². The standard InChI is InChI=1S/C23H24FN3OS/c1-15-6-8-20(9-7-15)27(17(3)28)23-25-19(14-29-23)13-26-10-4-5-18-11-16(2)12-21(24)22(18)26/h6-9,11-12,14H,4-5,10,13H2,1-3H3. The van der Waals surface area contributed by atoms with Gasteiger partial charge in [0.15, 0.2) is 5.13 Å². The second-order valence-electron chi connectivity index (χ2n) is 7.59. The number of rotatable bonds is 4. The third-order valence-electron chi connectivity index (χ3n) is 5.17. The zero-order valence-corrected chi connectivity index (χ0v) is 17.7. The molecule has 0 N–H and O–H groups in total. The van der Waals surface area contributed by atoms with E-state index in [0.717, 1.165) is 47.5 Å². The second kappa shape index (κ2) is 7.95. The Morgan fingerprint density at radius 1 is 1.21 bits per heavy atom. The van der Waals surface area contributed by atoms with Crippen molar-refractivity contribution in [3.8, 4) is 0 Å². The number of amides is 1. The van der Waals surface area contributed by atoms with E-state index in [1.165, 1.54) is 11.3 Å². The van der Waals surface area contributed by atoms with E-state index in [1.807, 2.05) is 43.5 Å². The van der Waals surface area contributed by atoms with Crippen molar-refractivity contribution in [1.82, 2.24) is 4.98 Å². The number of carbonyl (C=O) groups excluding carboxylic acids is 1. The topological polar surface area (TPSA) is 36.4 Å². The number of hydrogen-bond acceptors (Lipinski definition) is 4. The summed E-state index contributed by atoms with van der Waals surface area (Å²) in [5.74, 6) is -0.250. The zero-order valence-electron chi connectivity index (χ0n) is 16.9. The highest BCUT2D eigenvalue weighted by Gasteiger charge is 2.23. The molecule has 0 saturated heterocycles. The lowest BCUT2D eigenvalue weighted by atomic mass is 9.99. The van der Waals surface area contributed by atoms with E-state index in [0.29, 0.717) is 17.4 Å². The molecule has 0 saturated carbocycles. The maximum absolute atomic E-state index is 14.7. The largest absolute Gasteiger partial charge is 0.363 e. The average Bonchev–Trinajstić information content (AvgIpc) is 3.10. The first-order chi connectivity index (χ1) is 13.9. The highest BCUT2D eigenvalue weighted by Crippen LogP contribution is 2.34. The van der Waals surface area contributed by atoms with Gasteiger partial charge in [0, 0.05) is 18.8 Å². The summed E-state index contributed by atoms with van der Waals surface area (Å²) < 4.78 is 14.7. The molecule has 1 amide bonds. The Balaban J connectivity index is 1.60. The van der Waals surface area contributed by atoms with Gasteiger partial charge in [0.25, 0.3) is 0 Å². The smallest absolute Gasteiger partial charge is 0.230 e. The van der Waals surface area contributed by atoms with Crippen LogP contribution in [-0.2, 0) is 17.8 Å². The van der Waals surface area contributed by atoms with E-state index in [-0.39, 0.29) is 11.7 Å². The highest BCUT2D eigenvalue weighted by molar-refractivity contribution is 7.14. The Hall–Kier alpha value is -2.73. The summed E-state index contributed by atoms with van der Waals surface area (Å²) in [6, 6.07) is 11.5. The van der Waals surface area contributed by atoms with Gasteiger partial charge in [-0.1, -0.05) is 23.8 Å². The summed E-state index contributed by atoms with van der Waals surface area (Å²) in [5, 5.41) is 2.60. The molecule has 0 aliphatic carbocycles. The molecule has 1 aliphatic rings. The van der Waals surface area contributed by atoms with Gasteiger partial charge < -0.3 is 4.90 Å². The molecular weight excluding hydrogens is 385 g/mol. The van der Waals surface area contributed by atoms with E-state index >= 15 is 0 Å². The fourth-order valence-electron chi connectivity index (χ4n) is 3.87. The van der Waals surface area contributed by atoms with Gasteiger partial charge in [-0.25, -0.2) is 9.37 Å². The Morgan fingerprint density at radius 2 is 1.97 bits per heavy atom. The molecule has 2 aromatic carbocycles. The SMILES string of the molecule is CC(=O)N(c1ccc(C)cc1)c1nc(CN2CCCc3cc(C)cc(F)c32)cs1. The number of aromatic nitrogens is 1. The molecule has 29 heavy (non-hydrogen) atoms. The Bertz CT molecular complexity index is 1040. The molecule has 4 nitrogen and oxygen atoms in total. The van der Waals surface area contributed by atoms with Crippen LogP contribution in [0.15, 0.2) is 41.8 Å². The third-order valence-corrected chi connectivity index (χ3v) is 6.04. The molecule has 6 heteroatoms. The second-order valence-corrected chi connectivity index (χ2v) is 8.43. The normalized spacial score (nSPS) is 13.3. The predicted octanol–water partition coefficient (Wildman–Crippen LogP) is 5.54. The van der Waals surface area contributed by atoms with Crippen molar-refractivity contribution in [3.05, 3.63) is 70.0 Å². The quantitative estimate of drug-likeness (QED) is 0.568. The molecular formula is C23H24FN3OS. The minimum absolute atomic E-state index is 0.0837. The summed E-state index contributed by atoms with van der Waals surface area (Å²) >= 11 is 1.44. The average molecular weight is 410 g/mol. The third kappa shape index (κ3) is 4.03. The van der Waals surface area contributed by atoms with Crippen molar-refractivity contribution in [1.29, 1.82) is 0 Å². The van der Waals surface area contributed by atoms with Gasteiger partial charge in [-0.15, -0.1) is 11.3 Å². The van der Waals surface area contributed by atoms with Crippen molar-refractivity contribution in [2.75, 3.05) is 16.3 Å². The zero-order chi connectivity index (χ0) is 20.5. The maximum atomic E-state index is 14.7. The molecule has 0 unspecified atom stereocenters.